The molecule has 4 rings (SSSR count). The molecule has 0 radical (unpaired) electrons. The van der Waals surface area contributed by atoms with E-state index in [1.165, 1.54) is 31.2 Å². The largest absolute Gasteiger partial charge is 0.493 e. The first kappa shape index (κ1) is 10.9. The molecule has 3 aliphatic rings. The highest BCUT2D eigenvalue weighted by Crippen LogP contribution is 2.52. The van der Waals surface area contributed by atoms with Crippen molar-refractivity contribution >= 4 is 0 Å². The summed E-state index contributed by atoms with van der Waals surface area (Å²) in [7, 11) is 0. The predicted octanol–water partition coefficient (Wildman–Crippen LogP) is 3.09. The Labute approximate surface area is 108 Å². The second-order valence-corrected chi connectivity index (χ2v) is 6.25. The zero-order chi connectivity index (χ0) is 12.1. The van der Waals surface area contributed by atoms with Crippen LogP contribution in [0.15, 0.2) is 18.2 Å². The van der Waals surface area contributed by atoms with Crippen LogP contribution in [0.25, 0.3) is 0 Å². The highest BCUT2D eigenvalue weighted by Gasteiger charge is 2.43. The van der Waals surface area contributed by atoms with Gasteiger partial charge < -0.3 is 9.84 Å². The SMILES string of the molecule is OC(c1ccc2c(c1)CCO2)C1CC2CCC1C2. The van der Waals surface area contributed by atoms with Crippen molar-refractivity contribution in [3.05, 3.63) is 29.3 Å². The Kier molecular flexibility index (Phi) is 2.41. The van der Waals surface area contributed by atoms with Gasteiger partial charge in [0.2, 0.25) is 0 Å². The molecule has 2 heteroatoms. The molecule has 96 valence electrons. The number of aliphatic hydroxyl groups excluding tert-OH is 1. The van der Waals surface area contributed by atoms with Crippen LogP contribution in [0.1, 0.15) is 42.9 Å². The van der Waals surface area contributed by atoms with Crippen molar-refractivity contribution < 1.29 is 9.84 Å². The summed E-state index contributed by atoms with van der Waals surface area (Å²) in [6.07, 6.45) is 6.06. The molecule has 0 aromatic heterocycles. The Bertz CT molecular complexity index is 468. The molecule has 2 nitrogen and oxygen atoms in total. The Morgan fingerprint density at radius 1 is 1.22 bits per heavy atom. The van der Waals surface area contributed by atoms with Crippen molar-refractivity contribution in [2.24, 2.45) is 17.8 Å². The summed E-state index contributed by atoms with van der Waals surface area (Å²) in [6, 6.07) is 6.26. The maximum absolute atomic E-state index is 10.6. The summed E-state index contributed by atoms with van der Waals surface area (Å²) in [5.41, 5.74) is 2.38. The van der Waals surface area contributed by atoms with Gasteiger partial charge in [-0.2, -0.15) is 0 Å². The molecule has 1 heterocycles. The number of aliphatic hydroxyl groups is 1. The summed E-state index contributed by atoms with van der Waals surface area (Å²) in [5, 5.41) is 10.6. The van der Waals surface area contributed by atoms with Crippen LogP contribution in [0.3, 0.4) is 0 Å². The fourth-order valence-electron chi connectivity index (χ4n) is 4.32. The first-order chi connectivity index (χ1) is 8.81. The first-order valence-electron chi connectivity index (χ1n) is 7.25. The van der Waals surface area contributed by atoms with Crippen LogP contribution in [0.5, 0.6) is 5.75 Å². The lowest BCUT2D eigenvalue weighted by Crippen LogP contribution is -2.19. The number of fused-ring (bicyclic) bond motifs is 3. The topological polar surface area (TPSA) is 29.5 Å². The molecule has 2 saturated carbocycles. The molecular formula is C16H20O2. The number of ether oxygens (including phenoxy) is 1. The average molecular weight is 244 g/mol. The van der Waals surface area contributed by atoms with Crippen LogP contribution in [0.2, 0.25) is 0 Å². The van der Waals surface area contributed by atoms with Crippen molar-refractivity contribution in [2.45, 2.75) is 38.2 Å². The van der Waals surface area contributed by atoms with E-state index in [9.17, 15) is 5.11 Å². The van der Waals surface area contributed by atoms with Gasteiger partial charge in [-0.1, -0.05) is 12.5 Å². The molecule has 0 spiro atoms. The molecule has 4 unspecified atom stereocenters. The summed E-state index contributed by atoms with van der Waals surface area (Å²) < 4.78 is 5.53. The molecule has 2 aliphatic carbocycles. The number of rotatable bonds is 2. The minimum Gasteiger partial charge on any atom is -0.493 e. The predicted molar refractivity (Wildman–Crippen MR) is 69.5 cm³/mol. The quantitative estimate of drug-likeness (QED) is 0.866. The summed E-state index contributed by atoms with van der Waals surface area (Å²) in [4.78, 5) is 0. The van der Waals surface area contributed by atoms with E-state index >= 15 is 0 Å². The summed E-state index contributed by atoms with van der Waals surface area (Å²) in [5.74, 6) is 3.19. The molecular weight excluding hydrogens is 224 g/mol. The molecule has 2 fully saturated rings. The molecule has 0 saturated heterocycles. The van der Waals surface area contributed by atoms with Gasteiger partial charge in [-0.15, -0.1) is 0 Å². The van der Waals surface area contributed by atoms with Crippen LogP contribution < -0.4 is 4.74 Å². The third-order valence-electron chi connectivity index (χ3n) is 5.25. The van der Waals surface area contributed by atoms with Gasteiger partial charge in [-0.3, -0.25) is 0 Å². The van der Waals surface area contributed by atoms with Gasteiger partial charge in [0.1, 0.15) is 5.75 Å². The van der Waals surface area contributed by atoms with E-state index < -0.39 is 0 Å². The monoisotopic (exact) mass is 244 g/mol. The van der Waals surface area contributed by atoms with Crippen molar-refractivity contribution in [3.63, 3.8) is 0 Å². The zero-order valence-corrected chi connectivity index (χ0v) is 10.6. The lowest BCUT2D eigenvalue weighted by atomic mass is 9.82. The minimum atomic E-state index is -0.258. The summed E-state index contributed by atoms with van der Waals surface area (Å²) in [6.45, 7) is 0.795. The first-order valence-corrected chi connectivity index (χ1v) is 7.25. The van der Waals surface area contributed by atoms with Crippen LogP contribution in [0.4, 0.5) is 0 Å². The molecule has 1 aliphatic heterocycles. The van der Waals surface area contributed by atoms with E-state index in [4.69, 9.17) is 4.74 Å². The standard InChI is InChI=1S/C16H20O2/c17-16(14-8-10-1-2-11(14)7-10)13-3-4-15-12(9-13)5-6-18-15/h3-4,9-11,14,16-17H,1-2,5-8H2. The number of benzene rings is 1. The average Bonchev–Trinajstić information content (AvgIpc) is 3.12. The van der Waals surface area contributed by atoms with E-state index in [0.29, 0.717) is 5.92 Å². The fourth-order valence-corrected chi connectivity index (χ4v) is 4.32. The smallest absolute Gasteiger partial charge is 0.122 e. The maximum Gasteiger partial charge on any atom is 0.122 e. The Balaban J connectivity index is 1.59. The van der Waals surface area contributed by atoms with E-state index in [1.54, 1.807) is 0 Å². The lowest BCUT2D eigenvalue weighted by molar-refractivity contribution is 0.0744. The van der Waals surface area contributed by atoms with Gasteiger partial charge >= 0.3 is 0 Å². The van der Waals surface area contributed by atoms with Crippen molar-refractivity contribution in [2.75, 3.05) is 6.61 Å². The van der Waals surface area contributed by atoms with Crippen LogP contribution in [-0.4, -0.2) is 11.7 Å². The third kappa shape index (κ3) is 1.58. The molecule has 4 atom stereocenters. The third-order valence-corrected chi connectivity index (χ3v) is 5.25. The molecule has 0 amide bonds. The van der Waals surface area contributed by atoms with E-state index in [0.717, 1.165) is 36.2 Å². The Morgan fingerprint density at radius 3 is 2.94 bits per heavy atom. The number of hydrogen-bond donors (Lipinski definition) is 1. The Morgan fingerprint density at radius 2 is 2.17 bits per heavy atom. The minimum absolute atomic E-state index is 0.258. The van der Waals surface area contributed by atoms with Crippen LogP contribution in [-0.2, 0) is 6.42 Å². The second-order valence-electron chi connectivity index (χ2n) is 6.25. The van der Waals surface area contributed by atoms with Gasteiger partial charge in [0.15, 0.2) is 0 Å². The van der Waals surface area contributed by atoms with Gasteiger partial charge in [0, 0.05) is 6.42 Å². The van der Waals surface area contributed by atoms with Crippen LogP contribution >= 0.6 is 0 Å². The highest BCUT2D eigenvalue weighted by atomic mass is 16.5. The fraction of sp³-hybridized carbons (Fsp3) is 0.625. The van der Waals surface area contributed by atoms with Gasteiger partial charge in [0.25, 0.3) is 0 Å². The Hall–Kier alpha value is -1.02. The lowest BCUT2D eigenvalue weighted by Gasteiger charge is -2.27. The molecule has 1 aromatic carbocycles. The van der Waals surface area contributed by atoms with Crippen molar-refractivity contribution in [1.29, 1.82) is 0 Å². The van der Waals surface area contributed by atoms with E-state index in [2.05, 4.69) is 12.1 Å². The number of hydrogen-bond acceptors (Lipinski definition) is 2. The normalized spacial score (nSPS) is 34.4. The molecule has 1 N–H and O–H groups in total. The van der Waals surface area contributed by atoms with Gasteiger partial charge in [0.05, 0.1) is 12.7 Å². The molecule has 1 aromatic rings. The van der Waals surface area contributed by atoms with Gasteiger partial charge in [-0.05, 0) is 60.3 Å². The summed E-state index contributed by atoms with van der Waals surface area (Å²) >= 11 is 0. The highest BCUT2D eigenvalue weighted by molar-refractivity contribution is 5.40. The van der Waals surface area contributed by atoms with Crippen LogP contribution in [0, 0.1) is 17.8 Å². The molecule has 2 bridgehead atoms. The van der Waals surface area contributed by atoms with E-state index in [1.807, 2.05) is 6.07 Å². The maximum atomic E-state index is 10.6. The molecule has 18 heavy (non-hydrogen) atoms. The zero-order valence-electron chi connectivity index (χ0n) is 10.6. The van der Waals surface area contributed by atoms with Crippen molar-refractivity contribution in [1.82, 2.24) is 0 Å². The van der Waals surface area contributed by atoms with E-state index in [-0.39, 0.29) is 6.10 Å². The van der Waals surface area contributed by atoms with Gasteiger partial charge in [-0.25, -0.2) is 0 Å². The second kappa shape index (κ2) is 3.99. The van der Waals surface area contributed by atoms with Crippen molar-refractivity contribution in [3.8, 4) is 5.75 Å².